The highest BCUT2D eigenvalue weighted by Gasteiger charge is 2.28. The van der Waals surface area contributed by atoms with E-state index in [0.717, 1.165) is 11.3 Å². The lowest BCUT2D eigenvalue weighted by Crippen LogP contribution is -2.37. The molecule has 0 spiro atoms. The van der Waals surface area contributed by atoms with Gasteiger partial charge in [-0.3, -0.25) is 9.59 Å². The second-order valence-corrected chi connectivity index (χ2v) is 5.78. The maximum absolute atomic E-state index is 11.8. The first-order valence-electron chi connectivity index (χ1n) is 5.71. The van der Waals surface area contributed by atoms with Crippen LogP contribution >= 0.6 is 22.9 Å². The third kappa shape index (κ3) is 7.30. The number of amides is 2. The smallest absolute Gasteiger partial charge is 0.386 e. The van der Waals surface area contributed by atoms with Crippen LogP contribution < -0.4 is 10.6 Å². The van der Waals surface area contributed by atoms with Crippen molar-refractivity contribution in [3.63, 3.8) is 0 Å². The number of carbonyl (C=O) groups excluding carboxylic acids is 2. The number of nitrogens with one attached hydrogen (secondary N) is 2. The normalized spacial score (nSPS) is 12.8. The van der Waals surface area contributed by atoms with Gasteiger partial charge in [0, 0.05) is 11.4 Å². The van der Waals surface area contributed by atoms with E-state index < -0.39 is 37.1 Å². The Kier molecular flexibility index (Phi) is 6.43. The van der Waals surface area contributed by atoms with Gasteiger partial charge in [0.2, 0.25) is 11.8 Å². The molecule has 1 aromatic rings. The summed E-state index contributed by atoms with van der Waals surface area (Å²) in [5.74, 6) is -1.82. The highest BCUT2D eigenvalue weighted by Crippen LogP contribution is 2.26. The molecule has 0 aliphatic carbocycles. The maximum atomic E-state index is 11.8. The summed E-state index contributed by atoms with van der Waals surface area (Å²) in [6.07, 6.45) is -6.26. The van der Waals surface area contributed by atoms with Crippen LogP contribution in [0.3, 0.4) is 0 Å². The number of alkyl halides is 3. The van der Waals surface area contributed by atoms with Crippen LogP contribution in [0.4, 0.5) is 13.2 Å². The number of hydrogen-bond donors (Lipinski definition) is 3. The highest BCUT2D eigenvalue weighted by atomic mass is 35.5. The number of aliphatic hydroxyl groups excluding tert-OH is 1. The largest absolute Gasteiger partial charge is 0.405 e. The van der Waals surface area contributed by atoms with Gasteiger partial charge in [0.25, 0.3) is 0 Å². The lowest BCUT2D eigenvalue weighted by Gasteiger charge is -2.11. The maximum Gasteiger partial charge on any atom is 0.405 e. The first kappa shape index (κ1) is 17.7. The molecule has 0 aromatic carbocycles. The Morgan fingerprint density at radius 2 is 1.90 bits per heavy atom. The van der Waals surface area contributed by atoms with Gasteiger partial charge in [-0.05, 0) is 12.1 Å². The molecule has 1 atom stereocenters. The third-order valence-electron chi connectivity index (χ3n) is 2.22. The lowest BCUT2D eigenvalue weighted by atomic mass is 10.3. The van der Waals surface area contributed by atoms with E-state index in [-0.39, 0.29) is 6.54 Å². The minimum Gasteiger partial charge on any atom is -0.386 e. The van der Waals surface area contributed by atoms with Crippen molar-refractivity contribution >= 4 is 34.8 Å². The molecule has 3 N–H and O–H groups in total. The van der Waals surface area contributed by atoms with Crippen LogP contribution in [0.2, 0.25) is 4.34 Å². The van der Waals surface area contributed by atoms with Crippen LogP contribution in [0.5, 0.6) is 0 Å². The van der Waals surface area contributed by atoms with Crippen LogP contribution in [-0.4, -0.2) is 36.2 Å². The monoisotopic (exact) mass is 344 g/mol. The molecule has 1 aromatic heterocycles. The summed E-state index contributed by atoms with van der Waals surface area (Å²) < 4.78 is 36.0. The van der Waals surface area contributed by atoms with E-state index in [4.69, 9.17) is 11.6 Å². The minimum atomic E-state index is -4.53. The Morgan fingerprint density at radius 3 is 2.43 bits per heavy atom. The number of hydrogen-bond acceptors (Lipinski definition) is 4. The number of aliphatic hydroxyl groups is 1. The molecule has 0 radical (unpaired) electrons. The number of halogens is 4. The molecule has 0 aliphatic heterocycles. The molecular formula is C11H12ClF3N2O3S. The molecule has 1 heterocycles. The predicted molar refractivity (Wildman–Crippen MR) is 71.0 cm³/mol. The standard InChI is InChI=1S/C11H12ClF3N2O3S/c12-8-2-1-7(21-8)6(18)4-16-9(19)3-10(20)17-5-11(13,14)15/h1-2,6,18H,3-5H2,(H,16,19)(H,17,20). The van der Waals surface area contributed by atoms with Gasteiger partial charge in [0.15, 0.2) is 0 Å². The van der Waals surface area contributed by atoms with Crippen molar-refractivity contribution in [3.8, 4) is 0 Å². The van der Waals surface area contributed by atoms with Crippen molar-refractivity contribution in [3.05, 3.63) is 21.3 Å². The average molecular weight is 345 g/mol. The van der Waals surface area contributed by atoms with Crippen molar-refractivity contribution in [2.24, 2.45) is 0 Å². The molecule has 118 valence electrons. The van der Waals surface area contributed by atoms with E-state index >= 15 is 0 Å². The van der Waals surface area contributed by atoms with Crippen molar-refractivity contribution in [2.75, 3.05) is 13.1 Å². The summed E-state index contributed by atoms with van der Waals surface area (Å²) in [4.78, 5) is 22.9. The summed E-state index contributed by atoms with van der Waals surface area (Å²) in [6.45, 7) is -1.66. The Bertz CT molecular complexity index is 507. The fourth-order valence-electron chi connectivity index (χ4n) is 1.29. The van der Waals surface area contributed by atoms with Crippen LogP contribution in [0.1, 0.15) is 17.4 Å². The zero-order valence-corrected chi connectivity index (χ0v) is 12.1. The Labute approximate surface area is 127 Å². The average Bonchev–Trinajstić information content (AvgIpc) is 2.79. The van der Waals surface area contributed by atoms with E-state index in [1.165, 1.54) is 0 Å². The fraction of sp³-hybridized carbons (Fsp3) is 0.455. The van der Waals surface area contributed by atoms with Gasteiger partial charge >= 0.3 is 6.18 Å². The summed E-state index contributed by atoms with van der Waals surface area (Å²) in [5, 5.41) is 13.5. The predicted octanol–water partition coefficient (Wildman–Crippen LogP) is 1.62. The van der Waals surface area contributed by atoms with Crippen LogP contribution in [0.25, 0.3) is 0 Å². The zero-order chi connectivity index (χ0) is 16.0. The summed E-state index contributed by atoms with van der Waals surface area (Å²) in [7, 11) is 0. The van der Waals surface area contributed by atoms with Gasteiger partial charge in [0.1, 0.15) is 19.1 Å². The molecule has 10 heteroatoms. The fourth-order valence-corrected chi connectivity index (χ4v) is 2.34. The van der Waals surface area contributed by atoms with Crippen molar-refractivity contribution in [1.82, 2.24) is 10.6 Å². The second-order valence-electron chi connectivity index (χ2n) is 4.03. The van der Waals surface area contributed by atoms with Crippen molar-refractivity contribution in [2.45, 2.75) is 18.7 Å². The van der Waals surface area contributed by atoms with E-state index in [0.29, 0.717) is 9.21 Å². The van der Waals surface area contributed by atoms with Crippen LogP contribution in [-0.2, 0) is 9.59 Å². The molecule has 0 saturated carbocycles. The molecule has 0 aliphatic rings. The van der Waals surface area contributed by atoms with Gasteiger partial charge in [-0.25, -0.2) is 0 Å². The third-order valence-corrected chi connectivity index (χ3v) is 3.55. The van der Waals surface area contributed by atoms with Gasteiger partial charge < -0.3 is 15.7 Å². The number of thiophene rings is 1. The molecule has 0 saturated heterocycles. The zero-order valence-electron chi connectivity index (χ0n) is 10.5. The topological polar surface area (TPSA) is 78.4 Å². The summed E-state index contributed by atoms with van der Waals surface area (Å²) >= 11 is 6.81. The van der Waals surface area contributed by atoms with Crippen LogP contribution in [0, 0.1) is 0 Å². The molecule has 21 heavy (non-hydrogen) atoms. The summed E-state index contributed by atoms with van der Waals surface area (Å²) in [5.41, 5.74) is 0. The molecule has 2 amide bonds. The SMILES string of the molecule is O=C(CC(=O)NCC(F)(F)F)NCC(O)c1ccc(Cl)s1. The molecule has 5 nitrogen and oxygen atoms in total. The van der Waals surface area contributed by atoms with E-state index in [1.807, 2.05) is 0 Å². The highest BCUT2D eigenvalue weighted by molar-refractivity contribution is 7.16. The number of rotatable bonds is 6. The van der Waals surface area contributed by atoms with Gasteiger partial charge in [-0.2, -0.15) is 13.2 Å². The van der Waals surface area contributed by atoms with E-state index in [1.54, 1.807) is 17.4 Å². The number of carbonyl (C=O) groups is 2. The Hall–Kier alpha value is -1.32. The first-order valence-corrected chi connectivity index (χ1v) is 6.90. The van der Waals surface area contributed by atoms with Gasteiger partial charge in [-0.1, -0.05) is 11.6 Å². The first-order chi connectivity index (χ1) is 9.67. The second kappa shape index (κ2) is 7.62. The van der Waals surface area contributed by atoms with Gasteiger partial charge in [0.05, 0.1) is 4.34 Å². The Balaban J connectivity index is 2.29. The molecule has 0 fully saturated rings. The summed E-state index contributed by atoms with van der Waals surface area (Å²) in [6, 6.07) is 3.16. The molecule has 1 rings (SSSR count). The Morgan fingerprint density at radius 1 is 1.29 bits per heavy atom. The molecule has 1 unspecified atom stereocenters. The quantitative estimate of drug-likeness (QED) is 0.686. The van der Waals surface area contributed by atoms with Gasteiger partial charge in [-0.15, -0.1) is 11.3 Å². The van der Waals surface area contributed by atoms with Crippen molar-refractivity contribution in [1.29, 1.82) is 0 Å². The lowest BCUT2D eigenvalue weighted by molar-refractivity contribution is -0.140. The van der Waals surface area contributed by atoms with E-state index in [9.17, 15) is 27.9 Å². The minimum absolute atomic E-state index is 0.164. The van der Waals surface area contributed by atoms with Crippen molar-refractivity contribution < 1.29 is 27.9 Å². The molecule has 0 bridgehead atoms. The van der Waals surface area contributed by atoms with E-state index in [2.05, 4.69) is 5.32 Å². The van der Waals surface area contributed by atoms with Crippen LogP contribution in [0.15, 0.2) is 12.1 Å². The molecular weight excluding hydrogens is 333 g/mol.